The zero-order chi connectivity index (χ0) is 24.5. The summed E-state index contributed by atoms with van der Waals surface area (Å²) in [5.74, 6) is 3.31. The molecule has 2 aliphatic heterocycles. The second-order valence-electron chi connectivity index (χ2n) is 8.56. The van der Waals surface area contributed by atoms with Gasteiger partial charge in [-0.2, -0.15) is 0 Å². The second-order valence-corrected chi connectivity index (χ2v) is 8.56. The average molecular weight is 488 g/mol. The largest absolute Gasteiger partial charge is 0.486 e. The topological polar surface area (TPSA) is 103 Å². The maximum atomic E-state index is 5.98. The van der Waals surface area contributed by atoms with Crippen molar-refractivity contribution < 1.29 is 23.4 Å². The average Bonchev–Trinajstić information content (AvgIpc) is 3.56. The Hall–Kier alpha value is -4.60. The summed E-state index contributed by atoms with van der Waals surface area (Å²) >= 11 is 0. The van der Waals surface area contributed by atoms with Gasteiger partial charge in [0.05, 0.1) is 5.56 Å². The molecule has 0 amide bonds. The van der Waals surface area contributed by atoms with Gasteiger partial charge in [0, 0.05) is 43.8 Å². The standard InChI is InChI=1S/C26H25N5O5/c1-31(2)18-5-6-19(20(13-18)27-14-16-3-7-22-23(11-16)35-15-34-22)25-29-30-26(36-25)28-17-4-8-21-24(12-17)33-10-9-32-21/h3-8,11-13,27H,9-10,14-15H2,1-2H3,(H,28,30). The Bertz CT molecular complexity index is 1400. The summed E-state index contributed by atoms with van der Waals surface area (Å²) in [6.07, 6.45) is 0. The molecule has 36 heavy (non-hydrogen) atoms. The van der Waals surface area contributed by atoms with E-state index < -0.39 is 0 Å². The lowest BCUT2D eigenvalue weighted by Crippen LogP contribution is -2.15. The number of hydrogen-bond donors (Lipinski definition) is 2. The second kappa shape index (κ2) is 9.21. The molecule has 0 unspecified atom stereocenters. The molecule has 0 aliphatic carbocycles. The van der Waals surface area contributed by atoms with Crippen molar-refractivity contribution in [2.45, 2.75) is 6.54 Å². The van der Waals surface area contributed by atoms with Gasteiger partial charge < -0.3 is 38.9 Å². The lowest BCUT2D eigenvalue weighted by Gasteiger charge is -2.18. The molecule has 2 aliphatic rings. The molecular weight excluding hydrogens is 462 g/mol. The summed E-state index contributed by atoms with van der Waals surface area (Å²) in [7, 11) is 4.00. The van der Waals surface area contributed by atoms with Crippen LogP contribution in [0.25, 0.3) is 11.5 Å². The van der Waals surface area contributed by atoms with Gasteiger partial charge in [0.2, 0.25) is 6.79 Å². The molecule has 3 heterocycles. The predicted molar refractivity (Wildman–Crippen MR) is 135 cm³/mol. The summed E-state index contributed by atoms with van der Waals surface area (Å²) in [6.45, 7) is 1.90. The first-order chi connectivity index (χ1) is 17.6. The molecule has 0 bridgehead atoms. The van der Waals surface area contributed by atoms with Crippen LogP contribution in [0.3, 0.4) is 0 Å². The molecule has 1 aromatic heterocycles. The van der Waals surface area contributed by atoms with E-state index in [9.17, 15) is 0 Å². The van der Waals surface area contributed by atoms with E-state index in [1.807, 2.05) is 67.5 Å². The van der Waals surface area contributed by atoms with Gasteiger partial charge >= 0.3 is 6.01 Å². The van der Waals surface area contributed by atoms with Gasteiger partial charge in [0.1, 0.15) is 13.2 Å². The van der Waals surface area contributed by atoms with Gasteiger partial charge in [-0.25, -0.2) is 0 Å². The Morgan fingerprint density at radius 1 is 0.806 bits per heavy atom. The zero-order valence-corrected chi connectivity index (χ0v) is 19.9. The Kier molecular flexibility index (Phi) is 5.61. The van der Waals surface area contributed by atoms with Crippen LogP contribution in [0, 0.1) is 0 Å². The van der Waals surface area contributed by atoms with Crippen molar-refractivity contribution in [1.29, 1.82) is 0 Å². The van der Waals surface area contributed by atoms with E-state index in [1.165, 1.54) is 0 Å². The normalized spacial score (nSPS) is 13.4. The van der Waals surface area contributed by atoms with Gasteiger partial charge in [-0.1, -0.05) is 11.2 Å². The fraction of sp³-hybridized carbons (Fsp3) is 0.231. The van der Waals surface area contributed by atoms with E-state index in [2.05, 4.69) is 26.9 Å². The van der Waals surface area contributed by atoms with E-state index in [1.54, 1.807) is 0 Å². The first-order valence-electron chi connectivity index (χ1n) is 11.6. The highest BCUT2D eigenvalue weighted by Gasteiger charge is 2.17. The molecule has 4 aromatic rings. The number of rotatable bonds is 7. The van der Waals surface area contributed by atoms with Crippen molar-refractivity contribution in [3.05, 3.63) is 60.2 Å². The summed E-state index contributed by atoms with van der Waals surface area (Å²) in [6, 6.07) is 17.8. The van der Waals surface area contributed by atoms with Crippen LogP contribution in [0.15, 0.2) is 59.0 Å². The van der Waals surface area contributed by atoms with Crippen LogP contribution >= 0.6 is 0 Å². The smallest absolute Gasteiger partial charge is 0.320 e. The van der Waals surface area contributed by atoms with E-state index in [0.717, 1.165) is 45.4 Å². The molecule has 0 spiro atoms. The Balaban J connectivity index is 1.23. The third-order valence-corrected chi connectivity index (χ3v) is 5.89. The predicted octanol–water partition coefficient (Wildman–Crippen LogP) is 4.66. The lowest BCUT2D eigenvalue weighted by atomic mass is 10.1. The van der Waals surface area contributed by atoms with E-state index in [-0.39, 0.29) is 12.8 Å². The van der Waals surface area contributed by atoms with E-state index in [4.69, 9.17) is 23.4 Å². The molecule has 0 atom stereocenters. The van der Waals surface area contributed by atoms with Gasteiger partial charge in [-0.3, -0.25) is 0 Å². The van der Waals surface area contributed by atoms with Crippen molar-refractivity contribution in [2.75, 3.05) is 49.6 Å². The SMILES string of the molecule is CN(C)c1ccc(-c2nnc(Nc3ccc4c(c3)OCCO4)o2)c(NCc2ccc3c(c2)OCO3)c1. The fourth-order valence-corrected chi connectivity index (χ4v) is 4.02. The molecule has 10 nitrogen and oxygen atoms in total. The highest BCUT2D eigenvalue weighted by Crippen LogP contribution is 2.36. The fourth-order valence-electron chi connectivity index (χ4n) is 4.02. The summed E-state index contributed by atoms with van der Waals surface area (Å²) in [5.41, 5.74) is 4.53. The van der Waals surface area contributed by atoms with Gasteiger partial charge in [0.15, 0.2) is 23.0 Å². The van der Waals surface area contributed by atoms with Gasteiger partial charge in [-0.15, -0.1) is 5.10 Å². The minimum atomic E-state index is 0.251. The third kappa shape index (κ3) is 4.40. The molecule has 0 saturated carbocycles. The van der Waals surface area contributed by atoms with Crippen molar-refractivity contribution in [3.8, 4) is 34.5 Å². The number of nitrogens with zero attached hydrogens (tertiary/aromatic N) is 3. The molecular formula is C26H25N5O5. The Morgan fingerprint density at radius 3 is 2.47 bits per heavy atom. The maximum absolute atomic E-state index is 5.98. The number of ether oxygens (including phenoxy) is 4. The van der Waals surface area contributed by atoms with Crippen LogP contribution in [0.4, 0.5) is 23.1 Å². The monoisotopic (exact) mass is 487 g/mol. The Labute approximate surface area is 207 Å². The summed E-state index contributed by atoms with van der Waals surface area (Å²) in [5, 5.41) is 15.1. The number of benzene rings is 3. The summed E-state index contributed by atoms with van der Waals surface area (Å²) in [4.78, 5) is 2.04. The zero-order valence-electron chi connectivity index (χ0n) is 19.9. The number of hydrogen-bond acceptors (Lipinski definition) is 10. The molecule has 0 saturated heterocycles. The Morgan fingerprint density at radius 2 is 1.58 bits per heavy atom. The number of nitrogens with one attached hydrogen (secondary N) is 2. The number of fused-ring (bicyclic) bond motifs is 2. The van der Waals surface area contributed by atoms with Crippen molar-refractivity contribution in [1.82, 2.24) is 10.2 Å². The molecule has 10 heteroatoms. The summed E-state index contributed by atoms with van der Waals surface area (Å²) < 4.78 is 28.1. The molecule has 2 N–H and O–H groups in total. The molecule has 3 aromatic carbocycles. The van der Waals surface area contributed by atoms with Crippen LogP contribution in [0.5, 0.6) is 23.0 Å². The van der Waals surface area contributed by atoms with Crippen LogP contribution < -0.4 is 34.5 Å². The highest BCUT2D eigenvalue weighted by atomic mass is 16.7. The highest BCUT2D eigenvalue weighted by molar-refractivity contribution is 5.77. The van der Waals surface area contributed by atoms with Crippen LogP contribution in [0.2, 0.25) is 0 Å². The quantitative estimate of drug-likeness (QED) is 0.383. The van der Waals surface area contributed by atoms with Gasteiger partial charge in [-0.05, 0) is 48.0 Å². The minimum absolute atomic E-state index is 0.251. The molecule has 0 radical (unpaired) electrons. The van der Waals surface area contributed by atoms with Crippen LogP contribution in [-0.2, 0) is 6.54 Å². The van der Waals surface area contributed by atoms with E-state index in [0.29, 0.717) is 31.4 Å². The maximum Gasteiger partial charge on any atom is 0.320 e. The molecule has 6 rings (SSSR count). The minimum Gasteiger partial charge on any atom is -0.486 e. The van der Waals surface area contributed by atoms with Crippen LogP contribution in [0.1, 0.15) is 5.56 Å². The first-order valence-corrected chi connectivity index (χ1v) is 11.6. The van der Waals surface area contributed by atoms with Crippen molar-refractivity contribution >= 4 is 23.1 Å². The number of aromatic nitrogens is 2. The number of anilines is 4. The van der Waals surface area contributed by atoms with Crippen molar-refractivity contribution in [3.63, 3.8) is 0 Å². The lowest BCUT2D eigenvalue weighted by molar-refractivity contribution is 0.171. The third-order valence-electron chi connectivity index (χ3n) is 5.89. The molecule has 0 fully saturated rings. The van der Waals surface area contributed by atoms with Crippen molar-refractivity contribution in [2.24, 2.45) is 0 Å². The first kappa shape index (κ1) is 21.9. The van der Waals surface area contributed by atoms with E-state index >= 15 is 0 Å². The van der Waals surface area contributed by atoms with Gasteiger partial charge in [0.25, 0.3) is 5.89 Å². The van der Waals surface area contributed by atoms with Crippen LogP contribution in [-0.4, -0.2) is 44.3 Å². The molecule has 184 valence electrons.